The fraction of sp³-hybridized carbons (Fsp3) is 0.517. The molecule has 3 rings (SSSR count). The van der Waals surface area contributed by atoms with Crippen LogP contribution < -0.4 is 0 Å². The lowest BCUT2D eigenvalue weighted by Gasteiger charge is -2.41. The van der Waals surface area contributed by atoms with Gasteiger partial charge in [0.15, 0.2) is 0 Å². The summed E-state index contributed by atoms with van der Waals surface area (Å²) in [4.78, 5) is 0. The van der Waals surface area contributed by atoms with Gasteiger partial charge < -0.3 is 4.74 Å². The first kappa shape index (κ1) is 22.8. The van der Waals surface area contributed by atoms with Crippen molar-refractivity contribution in [3.8, 4) is 0 Å². The van der Waals surface area contributed by atoms with Crippen molar-refractivity contribution < 1.29 is 4.74 Å². The van der Waals surface area contributed by atoms with Crippen LogP contribution in [0.3, 0.4) is 0 Å². The average molecular weight is 405 g/mol. The van der Waals surface area contributed by atoms with E-state index in [4.69, 9.17) is 4.74 Å². The predicted octanol–water partition coefficient (Wildman–Crippen LogP) is 8.48. The van der Waals surface area contributed by atoms with Crippen LogP contribution >= 0.6 is 0 Å². The van der Waals surface area contributed by atoms with Gasteiger partial charge in [0.25, 0.3) is 0 Å². The van der Waals surface area contributed by atoms with E-state index in [-0.39, 0.29) is 11.5 Å². The zero-order valence-corrected chi connectivity index (χ0v) is 19.2. The summed E-state index contributed by atoms with van der Waals surface area (Å²) < 4.78 is 6.71. The minimum atomic E-state index is -0.00614. The Hall–Kier alpha value is -1.86. The largest absolute Gasteiger partial charge is 0.369 e. The van der Waals surface area contributed by atoms with Gasteiger partial charge in [-0.3, -0.25) is 0 Å². The smallest absolute Gasteiger partial charge is 0.101 e. The minimum Gasteiger partial charge on any atom is -0.369 e. The summed E-state index contributed by atoms with van der Waals surface area (Å²) in [6, 6.07) is 21.2. The molecule has 0 aliphatic heterocycles. The van der Waals surface area contributed by atoms with Gasteiger partial charge in [0.1, 0.15) is 6.10 Å². The second-order valence-electron chi connectivity index (χ2n) is 9.83. The molecule has 30 heavy (non-hydrogen) atoms. The van der Waals surface area contributed by atoms with E-state index in [1.54, 1.807) is 0 Å². The molecule has 0 radical (unpaired) electrons. The summed E-state index contributed by atoms with van der Waals surface area (Å²) in [6.45, 7) is 8.02. The highest BCUT2D eigenvalue weighted by molar-refractivity contribution is 5.50. The molecule has 2 aromatic carbocycles. The molecule has 0 heterocycles. The van der Waals surface area contributed by atoms with Crippen molar-refractivity contribution in [1.82, 2.24) is 0 Å². The molecule has 1 fully saturated rings. The van der Waals surface area contributed by atoms with Crippen LogP contribution in [0.25, 0.3) is 6.08 Å². The van der Waals surface area contributed by atoms with E-state index < -0.39 is 0 Å². The molecule has 0 amide bonds. The lowest BCUT2D eigenvalue weighted by molar-refractivity contribution is -0.0265. The molecule has 0 N–H and O–H groups in total. The molecule has 0 aromatic heterocycles. The zero-order valence-electron chi connectivity index (χ0n) is 19.2. The topological polar surface area (TPSA) is 9.23 Å². The van der Waals surface area contributed by atoms with Crippen molar-refractivity contribution in [2.45, 2.75) is 71.8 Å². The maximum absolute atomic E-state index is 6.71. The molecule has 2 aromatic rings. The van der Waals surface area contributed by atoms with E-state index in [1.807, 2.05) is 0 Å². The maximum Gasteiger partial charge on any atom is 0.101 e. The van der Waals surface area contributed by atoms with Gasteiger partial charge in [0.05, 0.1) is 6.61 Å². The summed E-state index contributed by atoms with van der Waals surface area (Å²) in [5, 5.41) is 0. The number of hydrogen-bond acceptors (Lipinski definition) is 1. The third kappa shape index (κ3) is 6.84. The molecule has 0 bridgehead atoms. The summed E-state index contributed by atoms with van der Waals surface area (Å²) in [5.74, 6) is 1.54. The molecular formula is C29H40O. The SMILES string of the molecule is CC(C)CCC(C)(COC(C=Cc1ccccc1)c1ccccc1)C1CCCCC1. The lowest BCUT2D eigenvalue weighted by Crippen LogP contribution is -2.35. The van der Waals surface area contributed by atoms with Gasteiger partial charge in [0, 0.05) is 0 Å². The normalized spacial score (nSPS) is 18.5. The molecule has 1 aliphatic rings. The van der Waals surface area contributed by atoms with Crippen molar-refractivity contribution in [2.24, 2.45) is 17.3 Å². The highest BCUT2D eigenvalue weighted by Gasteiger charge is 2.35. The number of rotatable bonds is 10. The van der Waals surface area contributed by atoms with Crippen LogP contribution in [0.1, 0.15) is 82.9 Å². The van der Waals surface area contributed by atoms with Crippen molar-refractivity contribution in [1.29, 1.82) is 0 Å². The number of hydrogen-bond donors (Lipinski definition) is 0. The van der Waals surface area contributed by atoms with E-state index in [0.29, 0.717) is 0 Å². The lowest BCUT2D eigenvalue weighted by atomic mass is 9.67. The van der Waals surface area contributed by atoms with Crippen molar-refractivity contribution in [3.05, 3.63) is 77.9 Å². The predicted molar refractivity (Wildman–Crippen MR) is 129 cm³/mol. The first-order valence-corrected chi connectivity index (χ1v) is 12.0. The van der Waals surface area contributed by atoms with Crippen LogP contribution in [0.4, 0.5) is 0 Å². The molecule has 2 unspecified atom stereocenters. The summed E-state index contributed by atoms with van der Waals surface area (Å²) in [6.07, 6.45) is 13.9. The van der Waals surface area contributed by atoms with Gasteiger partial charge in [-0.1, -0.05) is 119 Å². The van der Waals surface area contributed by atoms with Gasteiger partial charge in [0.2, 0.25) is 0 Å². The highest BCUT2D eigenvalue weighted by atomic mass is 16.5. The van der Waals surface area contributed by atoms with Gasteiger partial charge in [-0.2, -0.15) is 0 Å². The molecule has 1 aliphatic carbocycles. The van der Waals surface area contributed by atoms with Crippen molar-refractivity contribution in [3.63, 3.8) is 0 Å². The maximum atomic E-state index is 6.71. The fourth-order valence-corrected chi connectivity index (χ4v) is 4.76. The number of benzene rings is 2. The Labute approximate surface area is 184 Å². The second-order valence-corrected chi connectivity index (χ2v) is 9.83. The van der Waals surface area contributed by atoms with Crippen LogP contribution in [-0.2, 0) is 4.74 Å². The van der Waals surface area contributed by atoms with Crippen LogP contribution in [0.2, 0.25) is 0 Å². The molecule has 2 atom stereocenters. The standard InChI is InChI=1S/C29H40O/c1-24(2)21-22-29(3,27-17-11-6-12-18-27)23-30-28(26-15-9-5-10-16-26)20-19-25-13-7-4-8-14-25/h4-5,7-10,13-16,19-20,24,27-28H,6,11-12,17-18,21-23H2,1-3H3. The van der Waals surface area contributed by atoms with Gasteiger partial charge in [-0.05, 0) is 47.6 Å². The van der Waals surface area contributed by atoms with E-state index >= 15 is 0 Å². The molecule has 0 spiro atoms. The summed E-state index contributed by atoms with van der Waals surface area (Å²) in [7, 11) is 0. The third-order valence-corrected chi connectivity index (χ3v) is 6.87. The number of ether oxygens (including phenoxy) is 1. The fourth-order valence-electron chi connectivity index (χ4n) is 4.76. The Kier molecular flexibility index (Phi) is 8.75. The van der Waals surface area contributed by atoms with E-state index in [1.165, 1.54) is 56.1 Å². The van der Waals surface area contributed by atoms with Crippen LogP contribution in [-0.4, -0.2) is 6.61 Å². The Morgan fingerprint density at radius 1 is 0.933 bits per heavy atom. The Morgan fingerprint density at radius 3 is 2.20 bits per heavy atom. The third-order valence-electron chi connectivity index (χ3n) is 6.87. The molecule has 1 heteroatoms. The molecule has 1 nitrogen and oxygen atoms in total. The molecular weight excluding hydrogens is 364 g/mol. The zero-order chi connectivity index (χ0) is 21.2. The summed E-state index contributed by atoms with van der Waals surface area (Å²) in [5.41, 5.74) is 2.72. The second kappa shape index (κ2) is 11.5. The van der Waals surface area contributed by atoms with Crippen molar-refractivity contribution in [2.75, 3.05) is 6.61 Å². The monoisotopic (exact) mass is 404 g/mol. The van der Waals surface area contributed by atoms with Crippen LogP contribution in [0, 0.1) is 17.3 Å². The minimum absolute atomic E-state index is 0.00614. The Morgan fingerprint density at radius 2 is 1.57 bits per heavy atom. The highest BCUT2D eigenvalue weighted by Crippen LogP contribution is 2.43. The van der Waals surface area contributed by atoms with E-state index in [2.05, 4.69) is 93.6 Å². The molecule has 162 valence electrons. The Bertz CT molecular complexity index is 742. The average Bonchev–Trinajstić information content (AvgIpc) is 2.79. The first-order chi connectivity index (χ1) is 14.6. The first-order valence-electron chi connectivity index (χ1n) is 12.0. The van der Waals surface area contributed by atoms with Crippen molar-refractivity contribution >= 4 is 6.08 Å². The van der Waals surface area contributed by atoms with Crippen LogP contribution in [0.15, 0.2) is 66.7 Å². The van der Waals surface area contributed by atoms with Gasteiger partial charge in [-0.25, -0.2) is 0 Å². The van der Waals surface area contributed by atoms with Gasteiger partial charge >= 0.3 is 0 Å². The quantitative estimate of drug-likeness (QED) is 0.386. The summed E-state index contributed by atoms with van der Waals surface area (Å²) >= 11 is 0. The van der Waals surface area contributed by atoms with Gasteiger partial charge in [-0.15, -0.1) is 0 Å². The van der Waals surface area contributed by atoms with Crippen LogP contribution in [0.5, 0.6) is 0 Å². The molecule has 0 saturated heterocycles. The van der Waals surface area contributed by atoms with E-state index in [9.17, 15) is 0 Å². The Balaban J connectivity index is 1.76. The van der Waals surface area contributed by atoms with E-state index in [0.717, 1.165) is 18.4 Å². The molecule has 1 saturated carbocycles.